The zero-order valence-electron chi connectivity index (χ0n) is 12.8. The first-order valence-corrected chi connectivity index (χ1v) is 7.77. The predicted octanol–water partition coefficient (Wildman–Crippen LogP) is 2.29. The summed E-state index contributed by atoms with van der Waals surface area (Å²) in [5.74, 6) is 0.517. The fraction of sp³-hybridized carbons (Fsp3) is 0.286. The van der Waals surface area contributed by atoms with Crippen molar-refractivity contribution in [1.29, 1.82) is 0 Å². The molecule has 122 valence electrons. The average Bonchev–Trinajstić information content (AvgIpc) is 2.54. The second-order valence-corrected chi connectivity index (χ2v) is 6.06. The average molecular weight is 401 g/mol. The van der Waals surface area contributed by atoms with E-state index in [0.29, 0.717) is 22.4 Å². The molecule has 1 amide bonds. The Morgan fingerprint density at radius 1 is 1.35 bits per heavy atom. The molecule has 2 aromatic rings. The van der Waals surface area contributed by atoms with Crippen LogP contribution in [-0.4, -0.2) is 42.1 Å². The van der Waals surface area contributed by atoms with E-state index in [1.807, 2.05) is 0 Å². The van der Waals surface area contributed by atoms with E-state index in [1.54, 1.807) is 37.2 Å². The highest BCUT2D eigenvalue weighted by atomic mass is 79.9. The van der Waals surface area contributed by atoms with Crippen molar-refractivity contribution in [2.24, 2.45) is 0 Å². The minimum absolute atomic E-state index is 0.126. The van der Waals surface area contributed by atoms with Gasteiger partial charge in [0.15, 0.2) is 5.82 Å². The van der Waals surface area contributed by atoms with Crippen LogP contribution in [-0.2, 0) is 6.54 Å². The number of methoxy groups -OCH3 is 1. The summed E-state index contributed by atoms with van der Waals surface area (Å²) in [7, 11) is 5.08. The van der Waals surface area contributed by atoms with Gasteiger partial charge in [0.1, 0.15) is 0 Å². The van der Waals surface area contributed by atoms with Crippen LogP contribution >= 0.6 is 27.5 Å². The van der Waals surface area contributed by atoms with E-state index in [2.05, 4.69) is 36.2 Å². The molecule has 0 radical (unpaired) electrons. The lowest BCUT2D eigenvalue weighted by molar-refractivity contribution is 0.0949. The number of ether oxygens (including phenoxy) is 1. The molecule has 23 heavy (non-hydrogen) atoms. The van der Waals surface area contributed by atoms with E-state index in [0.717, 1.165) is 4.47 Å². The summed E-state index contributed by atoms with van der Waals surface area (Å²) in [6.45, 7) is 0.126. The Kier molecular flexibility index (Phi) is 5.73. The lowest BCUT2D eigenvalue weighted by atomic mass is 10.2. The van der Waals surface area contributed by atoms with Crippen molar-refractivity contribution in [2.75, 3.05) is 26.1 Å². The van der Waals surface area contributed by atoms with Crippen LogP contribution in [0.2, 0.25) is 5.02 Å². The Morgan fingerprint density at radius 2 is 2.09 bits per heavy atom. The van der Waals surface area contributed by atoms with Gasteiger partial charge in [0.2, 0.25) is 5.95 Å². The van der Waals surface area contributed by atoms with Crippen LogP contribution in [0.3, 0.4) is 0 Å². The van der Waals surface area contributed by atoms with Gasteiger partial charge in [-0.2, -0.15) is 15.0 Å². The number of benzene rings is 1. The van der Waals surface area contributed by atoms with Gasteiger partial charge in [-0.25, -0.2) is 0 Å². The molecule has 9 heteroatoms. The molecule has 1 aromatic heterocycles. The van der Waals surface area contributed by atoms with Gasteiger partial charge in [0, 0.05) is 18.6 Å². The van der Waals surface area contributed by atoms with Crippen molar-refractivity contribution in [3.8, 4) is 6.01 Å². The maximum absolute atomic E-state index is 12.2. The first kappa shape index (κ1) is 17.4. The number of amides is 1. The summed E-state index contributed by atoms with van der Waals surface area (Å²) in [5, 5.41) is 3.10. The molecule has 0 unspecified atom stereocenters. The number of nitrogens with one attached hydrogen (secondary N) is 1. The molecule has 1 N–H and O–H groups in total. The van der Waals surface area contributed by atoms with Crippen LogP contribution in [0, 0.1) is 0 Å². The second kappa shape index (κ2) is 7.56. The summed E-state index contributed by atoms with van der Waals surface area (Å²) >= 11 is 9.35. The third-order valence-electron chi connectivity index (χ3n) is 2.81. The van der Waals surface area contributed by atoms with Crippen molar-refractivity contribution in [3.05, 3.63) is 39.1 Å². The summed E-state index contributed by atoms with van der Waals surface area (Å²) in [6, 6.07) is 5.25. The molecule has 7 nitrogen and oxygen atoms in total. The molecule has 0 aliphatic carbocycles. The van der Waals surface area contributed by atoms with Gasteiger partial charge >= 0.3 is 6.01 Å². The summed E-state index contributed by atoms with van der Waals surface area (Å²) in [5.41, 5.74) is 0.370. The van der Waals surface area contributed by atoms with Gasteiger partial charge in [-0.1, -0.05) is 27.5 Å². The molecule has 0 aliphatic heterocycles. The van der Waals surface area contributed by atoms with Crippen LogP contribution in [0.5, 0.6) is 6.01 Å². The molecular weight excluding hydrogens is 386 g/mol. The van der Waals surface area contributed by atoms with Crippen LogP contribution in [0.25, 0.3) is 0 Å². The zero-order chi connectivity index (χ0) is 17.0. The highest BCUT2D eigenvalue weighted by Crippen LogP contribution is 2.21. The topological polar surface area (TPSA) is 80.2 Å². The highest BCUT2D eigenvalue weighted by molar-refractivity contribution is 9.10. The summed E-state index contributed by atoms with van der Waals surface area (Å²) in [4.78, 5) is 26.4. The largest absolute Gasteiger partial charge is 0.467 e. The molecule has 0 saturated carbocycles. The van der Waals surface area contributed by atoms with Crippen molar-refractivity contribution < 1.29 is 9.53 Å². The molecule has 0 aliphatic rings. The van der Waals surface area contributed by atoms with Crippen LogP contribution in [0.4, 0.5) is 5.95 Å². The second-order valence-electron chi connectivity index (χ2n) is 4.74. The van der Waals surface area contributed by atoms with Gasteiger partial charge < -0.3 is 15.0 Å². The molecule has 1 heterocycles. The summed E-state index contributed by atoms with van der Waals surface area (Å²) < 4.78 is 5.81. The molecule has 2 rings (SSSR count). The van der Waals surface area contributed by atoms with Crippen molar-refractivity contribution in [1.82, 2.24) is 20.3 Å². The van der Waals surface area contributed by atoms with E-state index < -0.39 is 0 Å². The predicted molar refractivity (Wildman–Crippen MR) is 91.0 cm³/mol. The third-order valence-corrected chi connectivity index (χ3v) is 3.63. The molecule has 0 saturated heterocycles. The monoisotopic (exact) mass is 399 g/mol. The molecule has 0 bridgehead atoms. The smallest absolute Gasteiger partial charge is 0.321 e. The van der Waals surface area contributed by atoms with Crippen LogP contribution in [0.15, 0.2) is 22.7 Å². The highest BCUT2D eigenvalue weighted by Gasteiger charge is 2.13. The Hall–Kier alpha value is -1.93. The van der Waals surface area contributed by atoms with Crippen LogP contribution in [0.1, 0.15) is 16.2 Å². The number of anilines is 1. The van der Waals surface area contributed by atoms with Gasteiger partial charge in [-0.15, -0.1) is 0 Å². The van der Waals surface area contributed by atoms with Gasteiger partial charge in [-0.3, -0.25) is 4.79 Å². The van der Waals surface area contributed by atoms with Gasteiger partial charge in [0.05, 0.1) is 24.2 Å². The quantitative estimate of drug-likeness (QED) is 0.829. The Bertz CT molecular complexity index is 726. The SMILES string of the molecule is COc1nc(CNC(=O)c2cc(Br)ccc2Cl)nc(N(C)C)n1. The third kappa shape index (κ3) is 4.52. The van der Waals surface area contributed by atoms with Gasteiger partial charge in [0.25, 0.3) is 5.91 Å². The van der Waals surface area contributed by atoms with Gasteiger partial charge in [-0.05, 0) is 18.2 Å². The molecule has 1 aromatic carbocycles. The van der Waals surface area contributed by atoms with Crippen LogP contribution < -0.4 is 15.0 Å². The Morgan fingerprint density at radius 3 is 2.74 bits per heavy atom. The minimum Gasteiger partial charge on any atom is -0.467 e. The standard InChI is InChI=1S/C14H15BrClN5O2/c1-21(2)13-18-11(19-14(20-13)23-3)7-17-12(22)9-6-8(15)4-5-10(9)16/h4-6H,7H2,1-3H3,(H,17,22). The normalized spacial score (nSPS) is 10.3. The number of carbonyl (C=O) groups is 1. The first-order chi connectivity index (χ1) is 10.9. The Labute approximate surface area is 147 Å². The number of halogens is 2. The van der Waals surface area contributed by atoms with Crippen molar-refractivity contribution in [3.63, 3.8) is 0 Å². The zero-order valence-corrected chi connectivity index (χ0v) is 15.1. The number of hydrogen-bond acceptors (Lipinski definition) is 6. The fourth-order valence-corrected chi connectivity index (χ4v) is 2.25. The number of carbonyl (C=O) groups excluding carboxylic acids is 1. The first-order valence-electron chi connectivity index (χ1n) is 6.60. The van der Waals surface area contributed by atoms with Crippen molar-refractivity contribution >= 4 is 39.4 Å². The number of hydrogen-bond donors (Lipinski definition) is 1. The van der Waals surface area contributed by atoms with E-state index in [4.69, 9.17) is 16.3 Å². The lowest BCUT2D eigenvalue weighted by Crippen LogP contribution is -2.25. The van der Waals surface area contributed by atoms with E-state index >= 15 is 0 Å². The molecule has 0 fully saturated rings. The molecular formula is C14H15BrClN5O2. The number of rotatable bonds is 5. The van der Waals surface area contributed by atoms with Crippen molar-refractivity contribution in [2.45, 2.75) is 6.54 Å². The molecule has 0 atom stereocenters. The lowest BCUT2D eigenvalue weighted by Gasteiger charge is -2.12. The fourth-order valence-electron chi connectivity index (χ4n) is 1.68. The van der Waals surface area contributed by atoms with E-state index in [1.165, 1.54) is 7.11 Å². The Balaban J connectivity index is 2.15. The summed E-state index contributed by atoms with van der Waals surface area (Å²) in [6.07, 6.45) is 0. The number of nitrogens with zero attached hydrogens (tertiary/aromatic N) is 4. The number of aromatic nitrogens is 3. The maximum Gasteiger partial charge on any atom is 0.321 e. The minimum atomic E-state index is -0.318. The van der Waals surface area contributed by atoms with E-state index in [-0.39, 0.29) is 18.5 Å². The maximum atomic E-state index is 12.2. The molecule has 0 spiro atoms. The van der Waals surface area contributed by atoms with E-state index in [9.17, 15) is 4.79 Å².